The van der Waals surface area contributed by atoms with Gasteiger partial charge in [-0.1, -0.05) is 28.1 Å². The van der Waals surface area contributed by atoms with Crippen LogP contribution in [0, 0.1) is 0 Å². The van der Waals surface area contributed by atoms with Gasteiger partial charge in [0.25, 0.3) is 5.91 Å². The van der Waals surface area contributed by atoms with E-state index < -0.39 is 5.54 Å². The van der Waals surface area contributed by atoms with Gasteiger partial charge in [0, 0.05) is 4.47 Å². The molecule has 1 aromatic carbocycles. The smallest absolute Gasteiger partial charge is 0.323 e. The highest BCUT2D eigenvalue weighted by atomic mass is 79.9. The number of hydrogen-bond acceptors (Lipinski definition) is 3. The Bertz CT molecular complexity index is 555. The van der Waals surface area contributed by atoms with Crippen LogP contribution in [0.3, 0.4) is 0 Å². The molecule has 2 aliphatic heterocycles. The van der Waals surface area contributed by atoms with Crippen LogP contribution in [0.4, 0.5) is 4.79 Å². The van der Waals surface area contributed by atoms with Crippen LogP contribution in [0.2, 0.25) is 0 Å². The van der Waals surface area contributed by atoms with Gasteiger partial charge in [0.1, 0.15) is 5.54 Å². The van der Waals surface area contributed by atoms with Crippen molar-refractivity contribution in [1.82, 2.24) is 15.5 Å². The monoisotopic (exact) mass is 337 g/mol. The summed E-state index contributed by atoms with van der Waals surface area (Å²) in [6, 6.07) is 7.38. The number of benzene rings is 1. The maximum atomic E-state index is 12.6. The van der Waals surface area contributed by atoms with E-state index in [4.69, 9.17) is 0 Å². The minimum atomic E-state index is -0.686. The molecule has 3 rings (SSSR count). The van der Waals surface area contributed by atoms with E-state index in [9.17, 15) is 9.59 Å². The molecule has 2 aliphatic rings. The van der Waals surface area contributed by atoms with Gasteiger partial charge in [-0.3, -0.25) is 9.69 Å². The number of amides is 3. The molecule has 0 bridgehead atoms. The molecule has 0 unspecified atom stereocenters. The van der Waals surface area contributed by atoms with E-state index in [1.807, 2.05) is 24.3 Å². The number of urea groups is 1. The predicted octanol–water partition coefficient (Wildman–Crippen LogP) is 1.62. The first-order valence-corrected chi connectivity index (χ1v) is 7.49. The second-order valence-corrected chi connectivity index (χ2v) is 6.20. The Morgan fingerprint density at radius 1 is 1.25 bits per heavy atom. The van der Waals surface area contributed by atoms with Crippen LogP contribution in [0.25, 0.3) is 0 Å². The van der Waals surface area contributed by atoms with Crippen molar-refractivity contribution >= 4 is 27.9 Å². The lowest BCUT2D eigenvalue weighted by atomic mass is 9.88. The molecule has 0 saturated carbocycles. The minimum absolute atomic E-state index is 0.0935. The predicted molar refractivity (Wildman–Crippen MR) is 78.1 cm³/mol. The summed E-state index contributed by atoms with van der Waals surface area (Å²) in [6.07, 6.45) is 1.32. The Morgan fingerprint density at radius 2 is 2.00 bits per heavy atom. The zero-order valence-electron chi connectivity index (χ0n) is 11.0. The highest BCUT2D eigenvalue weighted by molar-refractivity contribution is 9.10. The number of carbonyl (C=O) groups is 2. The van der Waals surface area contributed by atoms with Crippen LogP contribution in [-0.2, 0) is 11.3 Å². The molecule has 6 heteroatoms. The molecule has 2 saturated heterocycles. The third-order valence-electron chi connectivity index (χ3n) is 3.93. The average Bonchev–Trinajstić information content (AvgIpc) is 2.64. The summed E-state index contributed by atoms with van der Waals surface area (Å²) in [6.45, 7) is 1.84. The standard InChI is InChI=1S/C14H16BrN3O2/c15-11-3-1-2-10(8-11)9-18-12(19)14(17-13(18)20)4-6-16-7-5-14/h1-3,8,16H,4-7,9H2,(H,17,20). The molecule has 0 aliphatic carbocycles. The third kappa shape index (κ3) is 2.33. The van der Waals surface area contributed by atoms with Crippen LogP contribution < -0.4 is 10.6 Å². The van der Waals surface area contributed by atoms with Crippen molar-refractivity contribution in [3.63, 3.8) is 0 Å². The zero-order valence-corrected chi connectivity index (χ0v) is 12.6. The number of nitrogens with zero attached hydrogens (tertiary/aromatic N) is 1. The molecule has 2 heterocycles. The molecule has 106 valence electrons. The van der Waals surface area contributed by atoms with Gasteiger partial charge in [-0.15, -0.1) is 0 Å². The van der Waals surface area contributed by atoms with E-state index in [-0.39, 0.29) is 11.9 Å². The van der Waals surface area contributed by atoms with E-state index in [1.165, 1.54) is 4.90 Å². The zero-order chi connectivity index (χ0) is 14.2. The molecule has 0 radical (unpaired) electrons. The number of hydrogen-bond donors (Lipinski definition) is 2. The molecule has 3 amide bonds. The third-order valence-corrected chi connectivity index (χ3v) is 4.43. The van der Waals surface area contributed by atoms with Crippen molar-refractivity contribution in [3.05, 3.63) is 34.3 Å². The number of halogens is 1. The lowest BCUT2D eigenvalue weighted by Crippen LogP contribution is -2.53. The van der Waals surface area contributed by atoms with Crippen molar-refractivity contribution in [2.45, 2.75) is 24.9 Å². The summed E-state index contributed by atoms with van der Waals surface area (Å²) < 4.78 is 0.943. The average molecular weight is 338 g/mol. The fourth-order valence-electron chi connectivity index (χ4n) is 2.83. The Morgan fingerprint density at radius 3 is 2.70 bits per heavy atom. The van der Waals surface area contributed by atoms with Gasteiger partial charge in [-0.25, -0.2) is 4.79 Å². The van der Waals surface area contributed by atoms with Crippen molar-refractivity contribution < 1.29 is 9.59 Å². The van der Waals surface area contributed by atoms with Gasteiger partial charge in [-0.05, 0) is 43.6 Å². The van der Waals surface area contributed by atoms with E-state index in [2.05, 4.69) is 26.6 Å². The van der Waals surface area contributed by atoms with Crippen molar-refractivity contribution in [1.29, 1.82) is 0 Å². The Kier molecular flexibility index (Phi) is 3.52. The topological polar surface area (TPSA) is 61.4 Å². The van der Waals surface area contributed by atoms with E-state index in [0.29, 0.717) is 19.4 Å². The normalized spacial score (nSPS) is 21.4. The molecule has 0 aromatic heterocycles. The molecule has 5 nitrogen and oxygen atoms in total. The van der Waals surface area contributed by atoms with Crippen LogP contribution >= 0.6 is 15.9 Å². The Hall–Kier alpha value is -1.40. The fraction of sp³-hybridized carbons (Fsp3) is 0.429. The lowest BCUT2D eigenvalue weighted by Gasteiger charge is -2.31. The van der Waals surface area contributed by atoms with Crippen molar-refractivity contribution in [3.8, 4) is 0 Å². The fourth-order valence-corrected chi connectivity index (χ4v) is 3.28. The summed E-state index contributed by atoms with van der Waals surface area (Å²) >= 11 is 3.40. The Balaban J connectivity index is 1.80. The number of piperidine rings is 1. The maximum Gasteiger partial charge on any atom is 0.325 e. The van der Waals surface area contributed by atoms with Gasteiger partial charge in [0.05, 0.1) is 6.54 Å². The van der Waals surface area contributed by atoms with Crippen LogP contribution in [0.15, 0.2) is 28.7 Å². The second kappa shape index (κ2) is 5.18. The summed E-state index contributed by atoms with van der Waals surface area (Å²) in [5, 5.41) is 6.10. The van der Waals surface area contributed by atoms with Gasteiger partial charge in [0.15, 0.2) is 0 Å². The van der Waals surface area contributed by atoms with Crippen molar-refractivity contribution in [2.75, 3.05) is 13.1 Å². The maximum absolute atomic E-state index is 12.6. The van der Waals surface area contributed by atoms with Gasteiger partial charge in [-0.2, -0.15) is 0 Å². The van der Waals surface area contributed by atoms with Crippen LogP contribution in [0.5, 0.6) is 0 Å². The molecule has 0 atom stereocenters. The molecule has 2 fully saturated rings. The highest BCUT2D eigenvalue weighted by Crippen LogP contribution is 2.28. The van der Waals surface area contributed by atoms with Crippen LogP contribution in [0.1, 0.15) is 18.4 Å². The highest BCUT2D eigenvalue weighted by Gasteiger charge is 2.51. The number of carbonyl (C=O) groups excluding carboxylic acids is 2. The first-order chi connectivity index (χ1) is 9.61. The van der Waals surface area contributed by atoms with Crippen molar-refractivity contribution in [2.24, 2.45) is 0 Å². The first-order valence-electron chi connectivity index (χ1n) is 6.70. The first kappa shape index (κ1) is 13.6. The molecule has 1 aromatic rings. The molecule has 20 heavy (non-hydrogen) atoms. The summed E-state index contributed by atoms with van der Waals surface area (Å²) in [7, 11) is 0. The van der Waals surface area contributed by atoms with E-state index in [1.54, 1.807) is 0 Å². The molecule has 1 spiro atoms. The Labute approximate surface area is 125 Å². The quantitative estimate of drug-likeness (QED) is 0.806. The van der Waals surface area contributed by atoms with Crippen LogP contribution in [-0.4, -0.2) is 35.5 Å². The molecular formula is C14H16BrN3O2. The molecule has 2 N–H and O–H groups in total. The van der Waals surface area contributed by atoms with Gasteiger partial charge < -0.3 is 10.6 Å². The summed E-state index contributed by atoms with van der Waals surface area (Å²) in [5.41, 5.74) is 0.253. The van der Waals surface area contributed by atoms with Gasteiger partial charge >= 0.3 is 6.03 Å². The second-order valence-electron chi connectivity index (χ2n) is 5.28. The SMILES string of the molecule is O=C1NC2(CCNCC2)C(=O)N1Cc1cccc(Br)c1. The summed E-state index contributed by atoms with van der Waals surface area (Å²) in [5.74, 6) is -0.0935. The largest absolute Gasteiger partial charge is 0.325 e. The van der Waals surface area contributed by atoms with E-state index in [0.717, 1.165) is 23.1 Å². The lowest BCUT2D eigenvalue weighted by molar-refractivity contribution is -0.132. The van der Waals surface area contributed by atoms with E-state index >= 15 is 0 Å². The number of nitrogens with one attached hydrogen (secondary N) is 2. The molecular weight excluding hydrogens is 322 g/mol. The number of imide groups is 1. The minimum Gasteiger partial charge on any atom is -0.323 e. The van der Waals surface area contributed by atoms with Gasteiger partial charge in [0.2, 0.25) is 0 Å². The summed E-state index contributed by atoms with van der Waals surface area (Å²) in [4.78, 5) is 26.0. The number of rotatable bonds is 2.